The first-order chi connectivity index (χ1) is 8.65. The Morgan fingerprint density at radius 2 is 2.11 bits per heavy atom. The van der Waals surface area contributed by atoms with Crippen molar-refractivity contribution in [1.82, 2.24) is 19.3 Å². The van der Waals surface area contributed by atoms with Gasteiger partial charge in [-0.3, -0.25) is 9.36 Å². The van der Waals surface area contributed by atoms with Gasteiger partial charge in [-0.1, -0.05) is 12.1 Å². The van der Waals surface area contributed by atoms with Crippen LogP contribution in [-0.2, 0) is 19.5 Å². The van der Waals surface area contributed by atoms with Gasteiger partial charge in [-0.05, 0) is 6.92 Å². The zero-order valence-electron chi connectivity index (χ0n) is 10.3. The molecule has 0 unspecified atom stereocenters. The Kier molecular flexibility index (Phi) is 3.40. The van der Waals surface area contributed by atoms with E-state index in [2.05, 4.69) is 10.1 Å². The lowest BCUT2D eigenvalue weighted by Gasteiger charge is -2.05. The Hall–Kier alpha value is -2.18. The fraction of sp³-hybridized carbons (Fsp3) is 0.455. The van der Waals surface area contributed by atoms with E-state index < -0.39 is 0 Å². The zero-order valence-corrected chi connectivity index (χ0v) is 10.3. The maximum absolute atomic E-state index is 11.9. The van der Waals surface area contributed by atoms with Crippen molar-refractivity contribution in [3.8, 4) is 0 Å². The molecule has 0 radical (unpaired) electrons. The van der Waals surface area contributed by atoms with Crippen LogP contribution in [0.4, 0.5) is 0 Å². The second-order valence-corrected chi connectivity index (χ2v) is 3.77. The summed E-state index contributed by atoms with van der Waals surface area (Å²) < 4.78 is 7.50. The van der Waals surface area contributed by atoms with Crippen LogP contribution in [0.15, 0.2) is 26.4 Å². The van der Waals surface area contributed by atoms with Crippen LogP contribution < -0.4 is 11.2 Å². The summed E-state index contributed by atoms with van der Waals surface area (Å²) in [4.78, 5) is 27.7. The van der Waals surface area contributed by atoms with Crippen LogP contribution in [0.2, 0.25) is 0 Å². The summed E-state index contributed by atoms with van der Waals surface area (Å²) in [6.07, 6.45) is 2.12. The van der Waals surface area contributed by atoms with Crippen molar-refractivity contribution in [3.05, 3.63) is 44.8 Å². The van der Waals surface area contributed by atoms with E-state index in [0.717, 1.165) is 4.57 Å². The number of hydrogen-bond donors (Lipinski definition) is 0. The summed E-state index contributed by atoms with van der Waals surface area (Å²) in [5.41, 5.74) is -0.748. The lowest BCUT2D eigenvalue weighted by molar-refractivity contribution is 0.361. The third kappa shape index (κ3) is 2.24. The Morgan fingerprint density at radius 1 is 1.33 bits per heavy atom. The van der Waals surface area contributed by atoms with Gasteiger partial charge in [0, 0.05) is 25.2 Å². The van der Waals surface area contributed by atoms with Crippen LogP contribution in [0.3, 0.4) is 0 Å². The zero-order chi connectivity index (χ0) is 13.1. The lowest BCUT2D eigenvalue weighted by atomic mass is 10.5. The fourth-order valence-corrected chi connectivity index (χ4v) is 1.58. The summed E-state index contributed by atoms with van der Waals surface area (Å²) >= 11 is 0. The lowest BCUT2D eigenvalue weighted by Crippen LogP contribution is -2.39. The van der Waals surface area contributed by atoms with E-state index in [0.29, 0.717) is 18.8 Å². The first-order valence-corrected chi connectivity index (χ1v) is 5.77. The van der Waals surface area contributed by atoms with E-state index in [9.17, 15) is 9.59 Å². The minimum absolute atomic E-state index is 0.00546. The van der Waals surface area contributed by atoms with Crippen molar-refractivity contribution in [2.75, 3.05) is 0 Å². The third-order valence-corrected chi connectivity index (χ3v) is 2.60. The second-order valence-electron chi connectivity index (χ2n) is 3.77. The van der Waals surface area contributed by atoms with Gasteiger partial charge in [0.05, 0.1) is 0 Å². The topological polar surface area (TPSA) is 82.9 Å². The molecule has 2 rings (SSSR count). The molecule has 0 saturated heterocycles. The Bertz CT molecular complexity index is 653. The molecule has 7 nitrogen and oxygen atoms in total. The maximum atomic E-state index is 11.9. The Labute approximate surface area is 103 Å². The Morgan fingerprint density at radius 3 is 2.72 bits per heavy atom. The van der Waals surface area contributed by atoms with E-state index in [4.69, 9.17) is 4.52 Å². The molecular weight excluding hydrogens is 236 g/mol. The molecule has 0 N–H and O–H groups in total. The number of aryl methyl sites for hydroxylation is 2. The molecule has 18 heavy (non-hydrogen) atoms. The van der Waals surface area contributed by atoms with Crippen LogP contribution in [0, 0.1) is 0 Å². The van der Waals surface area contributed by atoms with E-state index in [1.165, 1.54) is 16.8 Å². The SMILES string of the molecule is CCc1noc(Cn2c(=O)ccn(CC)c2=O)n1. The quantitative estimate of drug-likeness (QED) is 0.764. The van der Waals surface area contributed by atoms with E-state index in [1.54, 1.807) is 0 Å². The van der Waals surface area contributed by atoms with Gasteiger partial charge in [0.25, 0.3) is 5.56 Å². The number of rotatable bonds is 4. The molecule has 0 aliphatic carbocycles. The minimum atomic E-state index is -0.374. The molecule has 0 aliphatic rings. The molecule has 2 heterocycles. The van der Waals surface area contributed by atoms with Crippen LogP contribution in [-0.4, -0.2) is 19.3 Å². The Balaban J connectivity index is 2.39. The van der Waals surface area contributed by atoms with Crippen molar-refractivity contribution in [1.29, 1.82) is 0 Å². The van der Waals surface area contributed by atoms with E-state index in [-0.39, 0.29) is 23.7 Å². The normalized spacial score (nSPS) is 10.8. The third-order valence-electron chi connectivity index (χ3n) is 2.60. The predicted octanol–water partition coefficient (Wildman–Crippen LogP) is 0.0236. The van der Waals surface area contributed by atoms with E-state index in [1.807, 2.05) is 13.8 Å². The molecule has 96 valence electrons. The monoisotopic (exact) mass is 250 g/mol. The minimum Gasteiger partial charge on any atom is -0.337 e. The number of aromatic nitrogens is 4. The van der Waals surface area contributed by atoms with Gasteiger partial charge in [0.15, 0.2) is 5.82 Å². The van der Waals surface area contributed by atoms with Crippen LogP contribution in [0.5, 0.6) is 0 Å². The number of hydrogen-bond acceptors (Lipinski definition) is 5. The average Bonchev–Trinajstić information content (AvgIpc) is 2.82. The summed E-state index contributed by atoms with van der Waals surface area (Å²) in [5.74, 6) is 0.824. The van der Waals surface area contributed by atoms with Gasteiger partial charge in [-0.15, -0.1) is 0 Å². The van der Waals surface area contributed by atoms with Crippen molar-refractivity contribution >= 4 is 0 Å². The van der Waals surface area contributed by atoms with Crippen LogP contribution in [0.25, 0.3) is 0 Å². The molecule has 0 fully saturated rings. The molecule has 0 bridgehead atoms. The van der Waals surface area contributed by atoms with Gasteiger partial charge in [-0.25, -0.2) is 4.79 Å². The van der Waals surface area contributed by atoms with Crippen LogP contribution >= 0.6 is 0 Å². The van der Waals surface area contributed by atoms with Gasteiger partial charge in [-0.2, -0.15) is 4.98 Å². The molecule has 2 aromatic rings. The van der Waals surface area contributed by atoms with Gasteiger partial charge in [0.2, 0.25) is 5.89 Å². The maximum Gasteiger partial charge on any atom is 0.331 e. The molecular formula is C11H14N4O3. The number of nitrogens with zero attached hydrogens (tertiary/aromatic N) is 4. The molecule has 0 saturated carbocycles. The highest BCUT2D eigenvalue weighted by Crippen LogP contribution is 1.98. The van der Waals surface area contributed by atoms with Crippen molar-refractivity contribution in [2.24, 2.45) is 0 Å². The second kappa shape index (κ2) is 4.99. The highest BCUT2D eigenvalue weighted by molar-refractivity contribution is 4.91. The van der Waals surface area contributed by atoms with Gasteiger partial charge >= 0.3 is 5.69 Å². The summed E-state index contributed by atoms with van der Waals surface area (Å²) in [7, 11) is 0. The molecule has 0 atom stereocenters. The summed E-state index contributed by atoms with van der Waals surface area (Å²) in [6, 6.07) is 1.35. The van der Waals surface area contributed by atoms with E-state index >= 15 is 0 Å². The molecule has 0 aliphatic heterocycles. The molecule has 2 aromatic heterocycles. The summed E-state index contributed by atoms with van der Waals surface area (Å²) in [5, 5.41) is 3.72. The smallest absolute Gasteiger partial charge is 0.331 e. The fourth-order valence-electron chi connectivity index (χ4n) is 1.58. The highest BCUT2D eigenvalue weighted by atomic mass is 16.5. The van der Waals surface area contributed by atoms with Gasteiger partial charge < -0.3 is 9.09 Å². The largest absolute Gasteiger partial charge is 0.337 e. The first kappa shape index (κ1) is 12.3. The highest BCUT2D eigenvalue weighted by Gasteiger charge is 2.10. The van der Waals surface area contributed by atoms with Crippen molar-refractivity contribution in [3.63, 3.8) is 0 Å². The molecule has 7 heteroatoms. The summed E-state index contributed by atoms with van der Waals surface area (Å²) in [6.45, 7) is 4.24. The average molecular weight is 250 g/mol. The van der Waals surface area contributed by atoms with Gasteiger partial charge in [0.1, 0.15) is 6.54 Å². The molecule has 0 aromatic carbocycles. The van der Waals surface area contributed by atoms with Crippen molar-refractivity contribution in [2.45, 2.75) is 33.4 Å². The first-order valence-electron chi connectivity index (χ1n) is 5.77. The molecule has 0 amide bonds. The van der Waals surface area contributed by atoms with Crippen LogP contribution in [0.1, 0.15) is 25.6 Å². The van der Waals surface area contributed by atoms with Crippen molar-refractivity contribution < 1.29 is 4.52 Å². The standard InChI is InChI=1S/C11H14N4O3/c1-3-8-12-9(18-13-8)7-15-10(16)5-6-14(4-2)11(15)17/h5-6H,3-4,7H2,1-2H3. The molecule has 0 spiro atoms. The predicted molar refractivity (Wildman–Crippen MR) is 63.4 cm³/mol.